The van der Waals surface area contributed by atoms with Gasteiger partial charge in [0.2, 0.25) is 0 Å². The Balaban J connectivity index is 1.63. The molecule has 32 heavy (non-hydrogen) atoms. The summed E-state index contributed by atoms with van der Waals surface area (Å²) in [6.45, 7) is 2.19. The molecule has 2 amide bonds. The Bertz CT molecular complexity index is 1160. The number of aryl methyl sites for hydroxylation is 1. The van der Waals surface area contributed by atoms with Crippen LogP contribution in [0.15, 0.2) is 42.7 Å². The first kappa shape index (κ1) is 21.9. The van der Waals surface area contributed by atoms with Crippen LogP contribution in [0.5, 0.6) is 0 Å². The number of aldehydes is 1. The second-order valence-corrected chi connectivity index (χ2v) is 8.44. The lowest BCUT2D eigenvalue weighted by atomic mass is 9.80. The third-order valence-corrected chi connectivity index (χ3v) is 6.62. The highest BCUT2D eigenvalue weighted by atomic mass is 32.1. The summed E-state index contributed by atoms with van der Waals surface area (Å²) in [6.07, 6.45) is -0.341. The fourth-order valence-electron chi connectivity index (χ4n) is 3.91. The Labute approximate surface area is 186 Å². The molecule has 2 heterocycles. The molecule has 6 nitrogen and oxygen atoms in total. The van der Waals surface area contributed by atoms with Crippen molar-refractivity contribution in [3.63, 3.8) is 0 Å². The maximum Gasteiger partial charge on any atom is 0.321 e. The number of urea groups is 1. The molecule has 10 heteroatoms. The van der Waals surface area contributed by atoms with E-state index in [2.05, 4.69) is 14.7 Å². The van der Waals surface area contributed by atoms with Crippen LogP contribution in [0.3, 0.4) is 0 Å². The number of nitrogens with one attached hydrogen (secondary N) is 1. The Morgan fingerprint density at radius 2 is 2.09 bits per heavy atom. The number of aromatic nitrogens is 2. The number of amides is 2. The summed E-state index contributed by atoms with van der Waals surface area (Å²) in [5.41, 5.74) is 0.252. The second-order valence-electron chi connectivity index (χ2n) is 7.66. The summed E-state index contributed by atoms with van der Waals surface area (Å²) in [5, 5.41) is 3.23. The molecule has 0 saturated carbocycles. The highest BCUT2D eigenvalue weighted by molar-refractivity contribution is 7.05. The van der Waals surface area contributed by atoms with Crippen molar-refractivity contribution >= 4 is 29.5 Å². The normalized spacial score (nSPS) is 18.2. The minimum Gasteiger partial charge on any atom is -0.323 e. The summed E-state index contributed by atoms with van der Waals surface area (Å²) < 4.78 is 44.6. The molecule has 166 valence electrons. The van der Waals surface area contributed by atoms with E-state index in [1.807, 2.05) is 6.07 Å². The maximum absolute atomic E-state index is 14.4. The van der Waals surface area contributed by atoms with E-state index in [-0.39, 0.29) is 29.2 Å². The molecular formula is C22H19F3N4O2S. The summed E-state index contributed by atoms with van der Waals surface area (Å²) in [7, 11) is 0. The molecule has 0 bridgehead atoms. The van der Waals surface area contributed by atoms with Gasteiger partial charge in [-0.2, -0.15) is 4.37 Å². The molecule has 0 unspecified atom stereocenters. The molecule has 1 aliphatic rings. The third kappa shape index (κ3) is 3.97. The average Bonchev–Trinajstić information content (AvgIpc) is 3.46. The minimum atomic E-state index is -2.74. The molecular weight excluding hydrogens is 441 g/mol. The quantitative estimate of drug-likeness (QED) is 0.546. The second kappa shape index (κ2) is 8.70. The number of halogens is 3. The van der Waals surface area contributed by atoms with E-state index >= 15 is 0 Å². The first-order chi connectivity index (χ1) is 15.3. The number of nitrogens with zero attached hydrogens (tertiary/aromatic N) is 3. The molecule has 1 saturated heterocycles. The predicted octanol–water partition coefficient (Wildman–Crippen LogP) is 4.96. The van der Waals surface area contributed by atoms with Crippen molar-refractivity contribution in [3.05, 3.63) is 75.8 Å². The van der Waals surface area contributed by atoms with Crippen LogP contribution in [-0.2, 0) is 5.41 Å². The molecule has 1 atom stereocenters. The summed E-state index contributed by atoms with van der Waals surface area (Å²) in [6, 6.07) is 7.89. The van der Waals surface area contributed by atoms with Crippen LogP contribution in [-0.4, -0.2) is 39.7 Å². The van der Waals surface area contributed by atoms with E-state index in [0.29, 0.717) is 35.4 Å². The number of benzene rings is 2. The summed E-state index contributed by atoms with van der Waals surface area (Å²) >= 11 is 1.18. The summed E-state index contributed by atoms with van der Waals surface area (Å²) in [4.78, 5) is 30.1. The van der Waals surface area contributed by atoms with Gasteiger partial charge in [-0.05, 0) is 54.2 Å². The van der Waals surface area contributed by atoms with E-state index in [0.717, 1.165) is 12.1 Å². The molecule has 2 aromatic carbocycles. The van der Waals surface area contributed by atoms with Crippen molar-refractivity contribution in [3.8, 4) is 0 Å². The van der Waals surface area contributed by atoms with Gasteiger partial charge < -0.3 is 10.2 Å². The van der Waals surface area contributed by atoms with Gasteiger partial charge in [0.05, 0.1) is 11.1 Å². The molecule has 0 spiro atoms. The number of hydrogen-bond acceptors (Lipinski definition) is 5. The van der Waals surface area contributed by atoms with Gasteiger partial charge in [0, 0.05) is 24.2 Å². The average molecular weight is 460 g/mol. The molecule has 1 aliphatic heterocycles. The van der Waals surface area contributed by atoms with Crippen molar-refractivity contribution in [1.29, 1.82) is 0 Å². The van der Waals surface area contributed by atoms with Crippen molar-refractivity contribution in [2.75, 3.05) is 18.4 Å². The van der Waals surface area contributed by atoms with Crippen LogP contribution in [0.25, 0.3) is 0 Å². The van der Waals surface area contributed by atoms with E-state index in [1.54, 1.807) is 13.0 Å². The SMILES string of the molecule is Cc1ccc([C@]2(c3ncns3)CCN(C(=O)Nc3cc(C(F)F)ccc3C=O)C2)cc1F. The van der Waals surface area contributed by atoms with Gasteiger partial charge in [-0.25, -0.2) is 22.9 Å². The Morgan fingerprint density at radius 1 is 1.28 bits per heavy atom. The zero-order valence-corrected chi connectivity index (χ0v) is 17.8. The molecule has 1 N–H and O–H groups in total. The summed E-state index contributed by atoms with van der Waals surface area (Å²) in [5.74, 6) is -0.353. The monoisotopic (exact) mass is 460 g/mol. The lowest BCUT2D eigenvalue weighted by Gasteiger charge is -2.28. The van der Waals surface area contributed by atoms with Crippen LogP contribution in [0.4, 0.5) is 23.7 Å². The highest BCUT2D eigenvalue weighted by Gasteiger charge is 2.45. The van der Waals surface area contributed by atoms with Gasteiger partial charge in [-0.3, -0.25) is 4.79 Å². The van der Waals surface area contributed by atoms with Gasteiger partial charge in [-0.15, -0.1) is 0 Å². The number of carbonyl (C=O) groups excluding carboxylic acids is 2. The largest absolute Gasteiger partial charge is 0.323 e. The van der Waals surface area contributed by atoms with Crippen LogP contribution in [0, 0.1) is 12.7 Å². The van der Waals surface area contributed by atoms with Gasteiger partial charge in [-0.1, -0.05) is 18.2 Å². The fraction of sp³-hybridized carbons (Fsp3) is 0.273. The number of alkyl halides is 2. The van der Waals surface area contributed by atoms with Crippen molar-refractivity contribution in [1.82, 2.24) is 14.3 Å². The van der Waals surface area contributed by atoms with Crippen LogP contribution in [0.1, 0.15) is 44.9 Å². The van der Waals surface area contributed by atoms with E-state index in [4.69, 9.17) is 0 Å². The van der Waals surface area contributed by atoms with Crippen molar-refractivity contribution in [2.24, 2.45) is 0 Å². The standard InChI is InChI=1S/C22H19F3N4O2S/c1-13-2-5-16(9-17(13)23)22(20-26-12-27-32-20)6-7-29(11-22)21(31)28-18-8-14(19(24)25)3-4-15(18)10-30/h2-5,8-10,12,19H,6-7,11H2,1H3,(H,28,31)/t22-/m0/s1. The first-order valence-corrected chi connectivity index (χ1v) is 10.6. The van der Waals surface area contributed by atoms with Gasteiger partial charge in [0.25, 0.3) is 6.43 Å². The van der Waals surface area contributed by atoms with Gasteiger partial charge >= 0.3 is 6.03 Å². The zero-order chi connectivity index (χ0) is 22.9. The lowest BCUT2D eigenvalue weighted by Crippen LogP contribution is -2.37. The topological polar surface area (TPSA) is 75.2 Å². The lowest BCUT2D eigenvalue weighted by molar-refractivity contribution is 0.112. The van der Waals surface area contributed by atoms with E-state index in [9.17, 15) is 22.8 Å². The molecule has 3 aromatic rings. The van der Waals surface area contributed by atoms with E-state index < -0.39 is 17.9 Å². The van der Waals surface area contributed by atoms with Crippen molar-refractivity contribution < 1.29 is 22.8 Å². The Hall–Kier alpha value is -3.27. The third-order valence-electron chi connectivity index (χ3n) is 5.75. The number of rotatable bonds is 5. The van der Waals surface area contributed by atoms with Crippen molar-refractivity contribution in [2.45, 2.75) is 25.2 Å². The van der Waals surface area contributed by atoms with Gasteiger partial charge in [0.1, 0.15) is 17.2 Å². The fourth-order valence-corrected chi connectivity index (χ4v) is 4.65. The number of hydrogen-bond donors (Lipinski definition) is 1. The van der Waals surface area contributed by atoms with Gasteiger partial charge in [0.15, 0.2) is 6.29 Å². The zero-order valence-electron chi connectivity index (χ0n) is 17.0. The first-order valence-electron chi connectivity index (χ1n) is 9.81. The number of carbonyl (C=O) groups is 2. The van der Waals surface area contributed by atoms with E-state index in [1.165, 1.54) is 34.9 Å². The smallest absolute Gasteiger partial charge is 0.321 e. The number of likely N-dealkylation sites (tertiary alicyclic amines) is 1. The molecule has 0 aliphatic carbocycles. The Kier molecular flexibility index (Phi) is 5.96. The maximum atomic E-state index is 14.4. The molecule has 4 rings (SSSR count). The van der Waals surface area contributed by atoms with Crippen LogP contribution < -0.4 is 5.32 Å². The van der Waals surface area contributed by atoms with Crippen LogP contribution >= 0.6 is 11.5 Å². The predicted molar refractivity (Wildman–Crippen MR) is 114 cm³/mol. The highest BCUT2D eigenvalue weighted by Crippen LogP contribution is 2.42. The number of anilines is 1. The molecule has 0 radical (unpaired) electrons. The Morgan fingerprint density at radius 3 is 2.75 bits per heavy atom. The van der Waals surface area contributed by atoms with Crippen LogP contribution in [0.2, 0.25) is 0 Å². The minimum absolute atomic E-state index is 0.0117. The molecule has 1 fully saturated rings. The molecule has 1 aromatic heterocycles.